The molecule has 1 aliphatic rings. The van der Waals surface area contributed by atoms with E-state index >= 15 is 0 Å². The van der Waals surface area contributed by atoms with Crippen LogP contribution in [0.25, 0.3) is 0 Å². The van der Waals surface area contributed by atoms with E-state index in [0.29, 0.717) is 18.9 Å². The lowest BCUT2D eigenvalue weighted by molar-refractivity contribution is -0.145. The van der Waals surface area contributed by atoms with Crippen molar-refractivity contribution in [3.05, 3.63) is 0 Å². The minimum absolute atomic E-state index is 0.149. The van der Waals surface area contributed by atoms with Gasteiger partial charge in [0.2, 0.25) is 0 Å². The number of hydrogen-bond donors (Lipinski definition) is 1. The number of nitrogens with two attached hydrogens (primary N) is 1. The van der Waals surface area contributed by atoms with Crippen LogP contribution < -0.4 is 5.73 Å². The molecule has 2 N–H and O–H groups in total. The zero-order chi connectivity index (χ0) is 10.6. The van der Waals surface area contributed by atoms with E-state index in [9.17, 15) is 4.79 Å². The van der Waals surface area contributed by atoms with Crippen LogP contribution in [0.4, 0.5) is 0 Å². The summed E-state index contributed by atoms with van der Waals surface area (Å²) in [5, 5.41) is 0. The lowest BCUT2D eigenvalue weighted by atomic mass is 9.72. The third kappa shape index (κ3) is 2.71. The van der Waals surface area contributed by atoms with Crippen molar-refractivity contribution in [3.63, 3.8) is 0 Å². The quantitative estimate of drug-likeness (QED) is 0.706. The molecule has 0 amide bonds. The zero-order valence-electron chi connectivity index (χ0n) is 9.21. The van der Waals surface area contributed by atoms with Crippen molar-refractivity contribution in [2.24, 2.45) is 11.7 Å². The van der Waals surface area contributed by atoms with Crippen molar-refractivity contribution in [2.75, 3.05) is 6.61 Å². The third-order valence-corrected chi connectivity index (χ3v) is 3.29. The second kappa shape index (κ2) is 4.78. The summed E-state index contributed by atoms with van der Waals surface area (Å²) in [6.45, 7) is 4.41. The average molecular weight is 199 g/mol. The van der Waals surface area contributed by atoms with Crippen LogP contribution in [0.5, 0.6) is 0 Å². The van der Waals surface area contributed by atoms with Gasteiger partial charge in [0.25, 0.3) is 0 Å². The van der Waals surface area contributed by atoms with Crippen molar-refractivity contribution in [2.45, 2.75) is 51.5 Å². The molecule has 0 aromatic carbocycles. The second-order valence-electron chi connectivity index (χ2n) is 4.36. The first kappa shape index (κ1) is 11.5. The lowest BCUT2D eigenvalue weighted by Crippen LogP contribution is -2.49. The van der Waals surface area contributed by atoms with Gasteiger partial charge in [0.05, 0.1) is 13.0 Å². The molecule has 0 bridgehead atoms. The number of hydrogen-bond acceptors (Lipinski definition) is 3. The SMILES string of the molecule is CCOC(=O)CC1(N)CCCCC1C. The molecule has 3 heteroatoms. The second-order valence-corrected chi connectivity index (χ2v) is 4.36. The van der Waals surface area contributed by atoms with E-state index in [1.54, 1.807) is 0 Å². The van der Waals surface area contributed by atoms with Gasteiger partial charge in [-0.3, -0.25) is 4.79 Å². The normalized spacial score (nSPS) is 32.6. The molecule has 1 saturated carbocycles. The van der Waals surface area contributed by atoms with E-state index in [-0.39, 0.29) is 11.5 Å². The molecule has 0 aromatic rings. The molecule has 1 rings (SSSR count). The molecule has 82 valence electrons. The highest BCUT2D eigenvalue weighted by molar-refractivity contribution is 5.71. The van der Waals surface area contributed by atoms with E-state index in [0.717, 1.165) is 19.3 Å². The summed E-state index contributed by atoms with van der Waals surface area (Å²) in [6.07, 6.45) is 4.84. The monoisotopic (exact) mass is 199 g/mol. The average Bonchev–Trinajstić information content (AvgIpc) is 2.10. The fourth-order valence-electron chi connectivity index (χ4n) is 2.18. The van der Waals surface area contributed by atoms with Crippen LogP contribution in [0.3, 0.4) is 0 Å². The predicted molar refractivity (Wildman–Crippen MR) is 55.8 cm³/mol. The zero-order valence-corrected chi connectivity index (χ0v) is 9.21. The largest absolute Gasteiger partial charge is 0.466 e. The van der Waals surface area contributed by atoms with Gasteiger partial charge in [0, 0.05) is 5.54 Å². The highest BCUT2D eigenvalue weighted by Gasteiger charge is 2.36. The fourth-order valence-corrected chi connectivity index (χ4v) is 2.18. The van der Waals surface area contributed by atoms with Crippen molar-refractivity contribution in [1.82, 2.24) is 0 Å². The third-order valence-electron chi connectivity index (χ3n) is 3.29. The Morgan fingerprint density at radius 2 is 2.29 bits per heavy atom. The van der Waals surface area contributed by atoms with Crippen molar-refractivity contribution in [3.8, 4) is 0 Å². The van der Waals surface area contributed by atoms with E-state index < -0.39 is 0 Å². The molecule has 0 aromatic heterocycles. The summed E-state index contributed by atoms with van der Waals surface area (Å²) in [6, 6.07) is 0. The highest BCUT2D eigenvalue weighted by Crippen LogP contribution is 2.34. The fraction of sp³-hybridized carbons (Fsp3) is 0.909. The first-order valence-corrected chi connectivity index (χ1v) is 5.53. The number of rotatable bonds is 3. The molecular weight excluding hydrogens is 178 g/mol. The first-order valence-electron chi connectivity index (χ1n) is 5.53. The summed E-state index contributed by atoms with van der Waals surface area (Å²) >= 11 is 0. The molecule has 0 radical (unpaired) electrons. The standard InChI is InChI=1S/C11H21NO2/c1-3-14-10(13)8-11(12)7-5-4-6-9(11)2/h9H,3-8,12H2,1-2H3. The summed E-state index contributed by atoms with van der Waals surface area (Å²) in [5.74, 6) is 0.282. The maximum absolute atomic E-state index is 11.4. The van der Waals surface area contributed by atoms with E-state index in [1.807, 2.05) is 6.92 Å². The number of ether oxygens (including phenoxy) is 1. The minimum atomic E-state index is -0.315. The molecule has 2 atom stereocenters. The van der Waals surface area contributed by atoms with Gasteiger partial charge in [-0.05, 0) is 25.7 Å². The van der Waals surface area contributed by atoms with E-state index in [2.05, 4.69) is 6.92 Å². The van der Waals surface area contributed by atoms with Crippen LogP contribution in [-0.2, 0) is 9.53 Å². The molecular formula is C11H21NO2. The molecule has 0 saturated heterocycles. The first-order chi connectivity index (χ1) is 6.58. The van der Waals surface area contributed by atoms with Gasteiger partial charge in [0.15, 0.2) is 0 Å². The van der Waals surface area contributed by atoms with Gasteiger partial charge < -0.3 is 10.5 Å². The molecule has 2 unspecified atom stereocenters. The Bertz CT molecular complexity index is 205. The summed E-state index contributed by atoms with van der Waals surface area (Å²) < 4.78 is 4.94. The Balaban J connectivity index is 2.50. The molecule has 1 fully saturated rings. The Labute approximate surface area is 86.0 Å². The van der Waals surface area contributed by atoms with Crippen LogP contribution >= 0.6 is 0 Å². The van der Waals surface area contributed by atoms with Crippen LogP contribution in [-0.4, -0.2) is 18.1 Å². The molecule has 14 heavy (non-hydrogen) atoms. The lowest BCUT2D eigenvalue weighted by Gasteiger charge is -2.38. The van der Waals surface area contributed by atoms with Crippen LogP contribution in [0.2, 0.25) is 0 Å². The summed E-state index contributed by atoms with van der Waals surface area (Å²) in [7, 11) is 0. The smallest absolute Gasteiger partial charge is 0.307 e. The van der Waals surface area contributed by atoms with Crippen LogP contribution in [0, 0.1) is 5.92 Å². The van der Waals surface area contributed by atoms with E-state index in [4.69, 9.17) is 10.5 Å². The maximum atomic E-state index is 11.4. The minimum Gasteiger partial charge on any atom is -0.466 e. The van der Waals surface area contributed by atoms with E-state index in [1.165, 1.54) is 6.42 Å². The Morgan fingerprint density at radius 1 is 1.57 bits per heavy atom. The van der Waals surface area contributed by atoms with Crippen molar-refractivity contribution >= 4 is 5.97 Å². The predicted octanol–water partition coefficient (Wildman–Crippen LogP) is 1.85. The Hall–Kier alpha value is -0.570. The Kier molecular flexibility index (Phi) is 3.93. The molecule has 0 spiro atoms. The van der Waals surface area contributed by atoms with Crippen molar-refractivity contribution in [1.29, 1.82) is 0 Å². The van der Waals surface area contributed by atoms with Gasteiger partial charge in [0.1, 0.15) is 0 Å². The van der Waals surface area contributed by atoms with Crippen molar-refractivity contribution < 1.29 is 9.53 Å². The number of carbonyl (C=O) groups excluding carboxylic acids is 1. The van der Waals surface area contributed by atoms with Gasteiger partial charge in [-0.25, -0.2) is 0 Å². The van der Waals surface area contributed by atoms with Gasteiger partial charge in [-0.1, -0.05) is 19.8 Å². The molecule has 0 aliphatic heterocycles. The molecule has 3 nitrogen and oxygen atoms in total. The van der Waals surface area contributed by atoms with Crippen LogP contribution in [0.1, 0.15) is 46.0 Å². The highest BCUT2D eigenvalue weighted by atomic mass is 16.5. The summed E-state index contributed by atoms with van der Waals surface area (Å²) in [4.78, 5) is 11.4. The Morgan fingerprint density at radius 3 is 2.86 bits per heavy atom. The maximum Gasteiger partial charge on any atom is 0.307 e. The number of esters is 1. The van der Waals surface area contributed by atoms with Crippen LogP contribution in [0.15, 0.2) is 0 Å². The number of carbonyl (C=O) groups is 1. The topological polar surface area (TPSA) is 52.3 Å². The molecule has 0 heterocycles. The van der Waals surface area contributed by atoms with Gasteiger partial charge in [-0.15, -0.1) is 0 Å². The van der Waals surface area contributed by atoms with Gasteiger partial charge >= 0.3 is 5.97 Å². The summed E-state index contributed by atoms with van der Waals surface area (Å²) in [5.41, 5.74) is 5.92. The molecule has 1 aliphatic carbocycles. The van der Waals surface area contributed by atoms with Gasteiger partial charge in [-0.2, -0.15) is 0 Å².